The molecule has 0 unspecified atom stereocenters. The van der Waals surface area contributed by atoms with Gasteiger partial charge in [-0.2, -0.15) is 0 Å². The predicted octanol–water partition coefficient (Wildman–Crippen LogP) is 4.47. The highest BCUT2D eigenvalue weighted by molar-refractivity contribution is 4.83. The molecule has 1 rings (SSSR count). The second-order valence-electron chi connectivity index (χ2n) is 10.5. The standard InChI is InChI=1S/C21H45N3/c1-19(2,3)22-13-10-15-23(20(4,5)6)17-12-18-24(16-11-14-22)21(7,8)9/h10-18H2,1-9H3. The summed E-state index contributed by atoms with van der Waals surface area (Å²) in [6.07, 6.45) is 3.83. The van der Waals surface area contributed by atoms with Crippen molar-refractivity contribution < 1.29 is 0 Å². The molecule has 0 aromatic rings. The van der Waals surface area contributed by atoms with Crippen LogP contribution >= 0.6 is 0 Å². The molecule has 1 saturated heterocycles. The fraction of sp³-hybridized carbons (Fsp3) is 1.00. The highest BCUT2D eigenvalue weighted by Crippen LogP contribution is 2.20. The van der Waals surface area contributed by atoms with Crippen molar-refractivity contribution in [3.8, 4) is 0 Å². The van der Waals surface area contributed by atoms with Gasteiger partial charge >= 0.3 is 0 Å². The van der Waals surface area contributed by atoms with Gasteiger partial charge in [0.25, 0.3) is 0 Å². The third-order valence-electron chi connectivity index (χ3n) is 5.41. The minimum atomic E-state index is 0.267. The highest BCUT2D eigenvalue weighted by Gasteiger charge is 2.26. The zero-order valence-corrected chi connectivity index (χ0v) is 18.2. The lowest BCUT2D eigenvalue weighted by Crippen LogP contribution is -2.49. The lowest BCUT2D eigenvalue weighted by molar-refractivity contribution is 0.0692. The monoisotopic (exact) mass is 339 g/mol. The number of rotatable bonds is 0. The first-order chi connectivity index (χ1) is 10.8. The Hall–Kier alpha value is -0.120. The van der Waals surface area contributed by atoms with Crippen molar-refractivity contribution in [2.24, 2.45) is 0 Å². The highest BCUT2D eigenvalue weighted by atomic mass is 15.2. The summed E-state index contributed by atoms with van der Waals surface area (Å²) >= 11 is 0. The molecule has 0 atom stereocenters. The van der Waals surface area contributed by atoms with Crippen LogP contribution in [0.15, 0.2) is 0 Å². The van der Waals surface area contributed by atoms with Gasteiger partial charge in [-0.25, -0.2) is 0 Å². The Morgan fingerprint density at radius 3 is 0.667 bits per heavy atom. The summed E-state index contributed by atoms with van der Waals surface area (Å²) in [7, 11) is 0. The normalized spacial score (nSPS) is 22.9. The van der Waals surface area contributed by atoms with E-state index in [-0.39, 0.29) is 16.6 Å². The Kier molecular flexibility index (Phi) is 7.77. The summed E-state index contributed by atoms with van der Waals surface area (Å²) in [6, 6.07) is 0. The van der Waals surface area contributed by atoms with Gasteiger partial charge in [0.2, 0.25) is 0 Å². The van der Waals surface area contributed by atoms with Crippen molar-refractivity contribution in [2.45, 2.75) is 98.2 Å². The quantitative estimate of drug-likeness (QED) is 0.644. The van der Waals surface area contributed by atoms with E-state index in [4.69, 9.17) is 0 Å². The van der Waals surface area contributed by atoms with Gasteiger partial charge in [0.05, 0.1) is 0 Å². The van der Waals surface area contributed by atoms with Crippen LogP contribution in [0.4, 0.5) is 0 Å². The molecular weight excluding hydrogens is 294 g/mol. The molecule has 0 bridgehead atoms. The maximum absolute atomic E-state index is 2.69. The second-order valence-corrected chi connectivity index (χ2v) is 10.5. The van der Waals surface area contributed by atoms with E-state index in [1.54, 1.807) is 0 Å². The van der Waals surface area contributed by atoms with Crippen molar-refractivity contribution in [1.29, 1.82) is 0 Å². The van der Waals surface area contributed by atoms with Crippen molar-refractivity contribution in [1.82, 2.24) is 14.7 Å². The summed E-state index contributed by atoms with van der Waals surface area (Å²) in [5.41, 5.74) is 0.801. The SMILES string of the molecule is CC(C)(C)N1CCCN(C(C)(C)C)CCCN(C(C)(C)C)CCC1. The Morgan fingerprint density at radius 1 is 0.375 bits per heavy atom. The van der Waals surface area contributed by atoms with E-state index in [0.29, 0.717) is 0 Å². The van der Waals surface area contributed by atoms with Crippen LogP contribution in [0.3, 0.4) is 0 Å². The zero-order chi connectivity index (χ0) is 18.6. The van der Waals surface area contributed by atoms with Gasteiger partial charge in [-0.05, 0) is 121 Å². The molecule has 1 aliphatic heterocycles. The van der Waals surface area contributed by atoms with Gasteiger partial charge in [-0.1, -0.05) is 0 Å². The van der Waals surface area contributed by atoms with Crippen LogP contribution in [0.2, 0.25) is 0 Å². The molecule has 0 saturated carbocycles. The molecule has 0 aromatic heterocycles. The molecule has 1 heterocycles. The van der Waals surface area contributed by atoms with Gasteiger partial charge in [0.1, 0.15) is 0 Å². The maximum Gasteiger partial charge on any atom is 0.0125 e. The molecule has 0 N–H and O–H groups in total. The lowest BCUT2D eigenvalue weighted by Gasteiger charge is -2.42. The van der Waals surface area contributed by atoms with Gasteiger partial charge < -0.3 is 0 Å². The van der Waals surface area contributed by atoms with E-state index in [9.17, 15) is 0 Å². The Balaban J connectivity index is 2.86. The first-order valence-electron chi connectivity index (χ1n) is 10.1. The smallest absolute Gasteiger partial charge is 0.0125 e. The van der Waals surface area contributed by atoms with E-state index in [0.717, 1.165) is 0 Å². The predicted molar refractivity (Wildman–Crippen MR) is 108 cm³/mol. The average molecular weight is 340 g/mol. The van der Waals surface area contributed by atoms with E-state index in [2.05, 4.69) is 77.0 Å². The van der Waals surface area contributed by atoms with Crippen LogP contribution in [0, 0.1) is 0 Å². The van der Waals surface area contributed by atoms with E-state index in [1.165, 1.54) is 58.5 Å². The molecule has 0 radical (unpaired) electrons. The number of hydrogen-bond acceptors (Lipinski definition) is 3. The molecule has 3 nitrogen and oxygen atoms in total. The largest absolute Gasteiger partial charge is 0.298 e. The van der Waals surface area contributed by atoms with Crippen LogP contribution in [-0.4, -0.2) is 70.6 Å². The lowest BCUT2D eigenvalue weighted by atomic mass is 10.0. The summed E-state index contributed by atoms with van der Waals surface area (Å²) in [4.78, 5) is 8.07. The third-order valence-corrected chi connectivity index (χ3v) is 5.41. The summed E-state index contributed by atoms with van der Waals surface area (Å²) in [6.45, 7) is 28.6. The molecule has 1 aliphatic rings. The number of nitrogens with zero attached hydrogens (tertiary/aromatic N) is 3. The first-order valence-corrected chi connectivity index (χ1v) is 10.1. The Labute approximate surface area is 152 Å². The topological polar surface area (TPSA) is 9.72 Å². The fourth-order valence-electron chi connectivity index (χ4n) is 3.71. The Bertz CT molecular complexity index is 288. The van der Waals surface area contributed by atoms with Crippen molar-refractivity contribution in [3.05, 3.63) is 0 Å². The molecule has 0 spiro atoms. The zero-order valence-electron chi connectivity index (χ0n) is 18.2. The van der Waals surface area contributed by atoms with Crippen LogP contribution in [0.5, 0.6) is 0 Å². The van der Waals surface area contributed by atoms with Gasteiger partial charge in [0, 0.05) is 16.6 Å². The molecular formula is C21H45N3. The second kappa shape index (κ2) is 8.51. The van der Waals surface area contributed by atoms with Gasteiger partial charge in [0.15, 0.2) is 0 Å². The van der Waals surface area contributed by atoms with Crippen LogP contribution in [0.25, 0.3) is 0 Å². The fourth-order valence-corrected chi connectivity index (χ4v) is 3.71. The summed E-state index contributed by atoms with van der Waals surface area (Å²) in [5.74, 6) is 0. The first kappa shape index (κ1) is 21.9. The van der Waals surface area contributed by atoms with E-state index in [1.807, 2.05) is 0 Å². The van der Waals surface area contributed by atoms with Crippen molar-refractivity contribution in [3.63, 3.8) is 0 Å². The molecule has 0 aromatic carbocycles. The van der Waals surface area contributed by atoms with Crippen molar-refractivity contribution in [2.75, 3.05) is 39.3 Å². The summed E-state index contributed by atoms with van der Waals surface area (Å²) in [5, 5.41) is 0. The van der Waals surface area contributed by atoms with Gasteiger partial charge in [-0.3, -0.25) is 14.7 Å². The minimum Gasteiger partial charge on any atom is -0.298 e. The molecule has 0 aliphatic carbocycles. The van der Waals surface area contributed by atoms with E-state index >= 15 is 0 Å². The third kappa shape index (κ3) is 7.41. The molecule has 1 fully saturated rings. The maximum atomic E-state index is 2.69. The molecule has 0 amide bonds. The molecule has 144 valence electrons. The van der Waals surface area contributed by atoms with Crippen LogP contribution < -0.4 is 0 Å². The number of hydrogen-bond donors (Lipinski definition) is 0. The summed E-state index contributed by atoms with van der Waals surface area (Å²) < 4.78 is 0. The van der Waals surface area contributed by atoms with Crippen LogP contribution in [-0.2, 0) is 0 Å². The Morgan fingerprint density at radius 2 is 0.542 bits per heavy atom. The average Bonchev–Trinajstić information content (AvgIpc) is 2.34. The molecule has 24 heavy (non-hydrogen) atoms. The van der Waals surface area contributed by atoms with Crippen LogP contribution in [0.1, 0.15) is 81.6 Å². The minimum absolute atomic E-state index is 0.267. The molecule has 3 heteroatoms. The van der Waals surface area contributed by atoms with E-state index < -0.39 is 0 Å². The van der Waals surface area contributed by atoms with Crippen molar-refractivity contribution >= 4 is 0 Å². The van der Waals surface area contributed by atoms with Gasteiger partial charge in [-0.15, -0.1) is 0 Å².